The summed E-state index contributed by atoms with van der Waals surface area (Å²) in [6, 6.07) is 59.4. The molecule has 0 saturated carbocycles. The summed E-state index contributed by atoms with van der Waals surface area (Å²) in [5.41, 5.74) is 25.4. The number of aromatic nitrogens is 13. The van der Waals surface area contributed by atoms with Gasteiger partial charge in [-0.3, -0.25) is 4.98 Å². The number of aryl methyl sites for hydroxylation is 10. The molecule has 0 fully saturated rings. The zero-order chi connectivity index (χ0) is 77.0. The van der Waals surface area contributed by atoms with E-state index in [4.69, 9.17) is 24.9 Å². The van der Waals surface area contributed by atoms with Gasteiger partial charge < -0.3 is 0 Å². The third-order valence-electron chi connectivity index (χ3n) is 19.7. The van der Waals surface area contributed by atoms with E-state index < -0.39 is 0 Å². The van der Waals surface area contributed by atoms with Crippen LogP contribution < -0.4 is 22.8 Å². The van der Waals surface area contributed by atoms with Crippen LogP contribution in [0.25, 0.3) is 112 Å². The van der Waals surface area contributed by atoms with Crippen LogP contribution in [0.5, 0.6) is 0 Å². The molecule has 0 spiro atoms. The number of benzene rings is 7. The molecule has 0 bridgehead atoms. The summed E-state index contributed by atoms with van der Waals surface area (Å²) in [5, 5.41) is 3.56. The summed E-state index contributed by atoms with van der Waals surface area (Å²) in [6.45, 7) is 32.8. The van der Waals surface area contributed by atoms with Crippen LogP contribution in [0.1, 0.15) is 137 Å². The molecule has 8 aromatic heterocycles. The second kappa shape index (κ2) is 34.9. The van der Waals surface area contributed by atoms with E-state index in [0.717, 1.165) is 92.6 Å². The molecule has 15 aromatic rings. The van der Waals surface area contributed by atoms with Crippen molar-refractivity contribution in [3.63, 3.8) is 0 Å². The molecule has 0 aliphatic rings. The SMILES string of the molecule is Cc1ccccc1-c1nc2cc(C(C)C)ccc2c[n+]1C.Cc1ccccc1-c1nc2cc(C(C)C)cnc2c[n+]1C.Cc1ccccc1-c1nc2cc(CC(C)C)ccc2c[n+]1C.Cc1ccccc1-c1nc2cc(CC(C)C)cnc2c[n+]1C.Cc1ccccc1-c1nc2cncc(CC(C)C)c2c[n+]1C. The molecule has 0 N–H and O–H groups in total. The molecular weight excluding hydrogens is 1320 g/mol. The number of pyridine rings is 3. The molecule has 108 heavy (non-hydrogen) atoms. The lowest BCUT2D eigenvalue weighted by Gasteiger charge is -2.08. The van der Waals surface area contributed by atoms with E-state index >= 15 is 0 Å². The van der Waals surface area contributed by atoms with Crippen LogP contribution in [0.2, 0.25) is 0 Å². The largest absolute Gasteiger partial charge is 0.331 e. The van der Waals surface area contributed by atoms with Crippen LogP contribution in [0.4, 0.5) is 0 Å². The first kappa shape index (κ1) is 77.8. The zero-order valence-corrected chi connectivity index (χ0v) is 67.2. The average molecular weight is 1430 g/mol. The van der Waals surface area contributed by atoms with Crippen LogP contribution in [-0.4, -0.2) is 39.9 Å². The molecular formula is C95H108N13+5. The van der Waals surface area contributed by atoms with E-state index in [1.165, 1.54) is 94.0 Å². The Hall–Kier alpha value is -11.3. The Balaban J connectivity index is 0.000000134. The second-order valence-corrected chi connectivity index (χ2v) is 30.9. The summed E-state index contributed by atoms with van der Waals surface area (Å²) in [5.74, 6) is 7.84. The Kier molecular flexibility index (Phi) is 25.2. The van der Waals surface area contributed by atoms with Gasteiger partial charge in [-0.1, -0.05) is 172 Å². The van der Waals surface area contributed by atoms with Crippen molar-refractivity contribution in [3.05, 3.63) is 281 Å². The maximum atomic E-state index is 4.94. The highest BCUT2D eigenvalue weighted by atomic mass is 15.1. The fourth-order valence-electron chi connectivity index (χ4n) is 13.7. The molecule has 0 unspecified atom stereocenters. The van der Waals surface area contributed by atoms with Crippen molar-refractivity contribution in [2.75, 3.05) is 0 Å². The second-order valence-electron chi connectivity index (χ2n) is 30.9. The monoisotopic (exact) mass is 1430 g/mol. The van der Waals surface area contributed by atoms with Crippen molar-refractivity contribution < 1.29 is 22.8 Å². The van der Waals surface area contributed by atoms with Crippen LogP contribution in [0.3, 0.4) is 0 Å². The molecule has 0 atom stereocenters. The quantitative estimate of drug-likeness (QED) is 0.105. The molecule has 13 nitrogen and oxygen atoms in total. The first-order valence-corrected chi connectivity index (χ1v) is 38.1. The van der Waals surface area contributed by atoms with Gasteiger partial charge in [0.05, 0.1) is 85.4 Å². The smallest absolute Gasteiger partial charge is 0.260 e. The predicted octanol–water partition coefficient (Wildman–Crippen LogP) is 19.2. The minimum absolute atomic E-state index is 0.458. The van der Waals surface area contributed by atoms with Crippen molar-refractivity contribution in [1.82, 2.24) is 39.9 Å². The van der Waals surface area contributed by atoms with Gasteiger partial charge in [0.25, 0.3) is 0 Å². The highest BCUT2D eigenvalue weighted by molar-refractivity contribution is 5.83. The van der Waals surface area contributed by atoms with Crippen LogP contribution in [0.15, 0.2) is 226 Å². The van der Waals surface area contributed by atoms with Crippen LogP contribution >= 0.6 is 0 Å². The normalized spacial score (nSPS) is 11.3. The van der Waals surface area contributed by atoms with Gasteiger partial charge in [0.1, 0.15) is 31.0 Å². The molecule has 0 aliphatic carbocycles. The van der Waals surface area contributed by atoms with E-state index in [9.17, 15) is 0 Å². The number of hydrogen-bond acceptors (Lipinski definition) is 8. The first-order chi connectivity index (χ1) is 51.8. The molecule has 15 rings (SSSR count). The highest BCUT2D eigenvalue weighted by Gasteiger charge is 2.24. The lowest BCUT2D eigenvalue weighted by Crippen LogP contribution is -2.32. The van der Waals surface area contributed by atoms with E-state index in [1.807, 2.05) is 49.6 Å². The summed E-state index contributed by atoms with van der Waals surface area (Å²) in [6.07, 6.45) is 21.5. The lowest BCUT2D eigenvalue weighted by atomic mass is 10.0. The molecule has 0 amide bonds. The molecule has 0 aliphatic heterocycles. The number of fused-ring (bicyclic) bond motifs is 5. The third-order valence-corrected chi connectivity index (χ3v) is 19.7. The van der Waals surface area contributed by atoms with Crippen LogP contribution in [0, 0.1) is 52.4 Å². The summed E-state index contributed by atoms with van der Waals surface area (Å²) in [7, 11) is 10.2. The Morgan fingerprint density at radius 1 is 0.287 bits per heavy atom. The maximum Gasteiger partial charge on any atom is 0.331 e. The van der Waals surface area contributed by atoms with Gasteiger partial charge in [-0.25, -0.2) is 32.8 Å². The van der Waals surface area contributed by atoms with E-state index in [0.29, 0.717) is 29.6 Å². The molecule has 548 valence electrons. The maximum absolute atomic E-state index is 4.94. The topological polar surface area (TPSA) is 123 Å². The van der Waals surface area contributed by atoms with Gasteiger partial charge in [0.2, 0.25) is 16.6 Å². The van der Waals surface area contributed by atoms with E-state index in [2.05, 4.69) is 353 Å². The minimum atomic E-state index is 0.458. The van der Waals surface area contributed by atoms with Gasteiger partial charge in [-0.2, -0.15) is 0 Å². The molecule has 0 radical (unpaired) electrons. The van der Waals surface area contributed by atoms with Gasteiger partial charge in [-0.05, 0) is 231 Å². The zero-order valence-electron chi connectivity index (χ0n) is 67.2. The van der Waals surface area contributed by atoms with Gasteiger partial charge in [-0.15, -0.1) is 0 Å². The van der Waals surface area contributed by atoms with Gasteiger partial charge >= 0.3 is 29.1 Å². The fourth-order valence-corrected chi connectivity index (χ4v) is 13.7. The molecule has 7 aromatic carbocycles. The van der Waals surface area contributed by atoms with Crippen molar-refractivity contribution in [2.24, 2.45) is 53.0 Å². The number of nitrogens with zero attached hydrogens (tertiary/aromatic N) is 13. The van der Waals surface area contributed by atoms with Gasteiger partial charge in [0.15, 0.2) is 22.1 Å². The van der Waals surface area contributed by atoms with Crippen LogP contribution in [-0.2, 0) is 54.5 Å². The summed E-state index contributed by atoms with van der Waals surface area (Å²) >= 11 is 0. The third kappa shape index (κ3) is 18.9. The van der Waals surface area contributed by atoms with E-state index in [-0.39, 0.29) is 0 Å². The van der Waals surface area contributed by atoms with E-state index in [1.54, 1.807) is 0 Å². The highest BCUT2D eigenvalue weighted by Crippen LogP contribution is 2.29. The fraction of sp³-hybridized carbons (Fsp3) is 0.295. The van der Waals surface area contributed by atoms with Gasteiger partial charge in [0, 0.05) is 18.6 Å². The number of hydrogen-bond donors (Lipinski definition) is 0. The average Bonchev–Trinajstić information content (AvgIpc) is 0.808. The first-order valence-electron chi connectivity index (χ1n) is 38.1. The van der Waals surface area contributed by atoms with Crippen molar-refractivity contribution in [2.45, 2.75) is 135 Å². The Labute approximate surface area is 640 Å². The Morgan fingerprint density at radius 3 is 1.06 bits per heavy atom. The molecule has 8 heterocycles. The van der Waals surface area contributed by atoms with Crippen molar-refractivity contribution in [1.29, 1.82) is 0 Å². The number of rotatable bonds is 13. The standard InChI is InChI=1S/C20H23N2.2C19H22N3.C19H21N2.C18H20N3/c1-14(2)11-16-9-10-17-13-22(4)20(21-19(17)12-16)18-8-6-5-7-15(18)3;1-13(2)9-15-10-20-11-18-17(15)12-22(4)19(21-18)16-8-6-5-7-14(16)3;1-13(2)9-15-10-17-18(20-11-15)12-22(4)19(21-17)16-8-6-5-7-14(16)3;1-13(2)15-9-10-16-12-21(4)19(20-18(16)11-15)17-8-6-5-7-14(17)3;1-12(2)14-9-16-17(19-10-14)11-21(4)18(20-16)15-8-6-5-7-13(15)3/h5-10,12-14H,11H2,1-4H3;2*5-8,10-13H,9H2,1-4H3;5-13H,1-4H3;5-12H,1-4H3/q5*+1. The lowest BCUT2D eigenvalue weighted by molar-refractivity contribution is -0.661. The predicted molar refractivity (Wildman–Crippen MR) is 443 cm³/mol. The van der Waals surface area contributed by atoms with Crippen molar-refractivity contribution in [3.8, 4) is 56.9 Å². The molecule has 0 saturated heterocycles. The summed E-state index contributed by atoms with van der Waals surface area (Å²) < 4.78 is 10.5. The summed E-state index contributed by atoms with van der Waals surface area (Å²) in [4.78, 5) is 37.9. The van der Waals surface area contributed by atoms with Crippen molar-refractivity contribution >= 4 is 54.8 Å². The Morgan fingerprint density at radius 2 is 0.630 bits per heavy atom. The Bertz CT molecular complexity index is 5350. The minimum Gasteiger partial charge on any atom is -0.260 e. The molecule has 13 heteroatoms.